The lowest BCUT2D eigenvalue weighted by atomic mass is 9.92. The highest BCUT2D eigenvalue weighted by Gasteiger charge is 2.42. The first-order valence-corrected chi connectivity index (χ1v) is 8.68. The third-order valence-corrected chi connectivity index (χ3v) is 4.87. The second-order valence-corrected chi connectivity index (χ2v) is 6.66. The number of para-hydroxylation sites is 1. The molecule has 5 nitrogen and oxygen atoms in total. The van der Waals surface area contributed by atoms with Crippen LogP contribution in [0.1, 0.15) is 26.2 Å². The minimum atomic E-state index is -1.26. The van der Waals surface area contributed by atoms with Gasteiger partial charge >= 0.3 is 5.97 Å². The average Bonchev–Trinajstić information content (AvgIpc) is 2.54. The highest BCUT2D eigenvalue weighted by atomic mass is 32.2. The van der Waals surface area contributed by atoms with Crippen LogP contribution in [0.4, 0.5) is 4.39 Å². The van der Waals surface area contributed by atoms with Gasteiger partial charge in [-0.1, -0.05) is 19.1 Å². The summed E-state index contributed by atoms with van der Waals surface area (Å²) in [4.78, 5) is 24.0. The summed E-state index contributed by atoms with van der Waals surface area (Å²) in [7, 11) is 0. The Hall–Kier alpha value is -1.76. The van der Waals surface area contributed by atoms with Crippen LogP contribution in [0.25, 0.3) is 0 Å². The van der Waals surface area contributed by atoms with Gasteiger partial charge in [-0.25, -0.2) is 9.18 Å². The molecule has 0 saturated carbocycles. The molecule has 2 rings (SSSR count). The minimum Gasteiger partial charge on any atom is -0.480 e. The van der Waals surface area contributed by atoms with E-state index in [0.29, 0.717) is 30.8 Å². The summed E-state index contributed by atoms with van der Waals surface area (Å²) in [5, 5.41) is 12.1. The molecule has 7 heteroatoms. The van der Waals surface area contributed by atoms with Gasteiger partial charge in [-0.3, -0.25) is 4.79 Å². The second-order valence-electron chi connectivity index (χ2n) is 5.43. The Kier molecular flexibility index (Phi) is 5.87. The van der Waals surface area contributed by atoms with Crippen molar-refractivity contribution in [3.05, 3.63) is 30.1 Å². The van der Waals surface area contributed by atoms with Crippen molar-refractivity contribution in [1.29, 1.82) is 0 Å². The molecule has 0 radical (unpaired) electrons. The van der Waals surface area contributed by atoms with E-state index >= 15 is 0 Å². The van der Waals surface area contributed by atoms with Gasteiger partial charge in [0.05, 0.1) is 0 Å². The smallest absolute Gasteiger partial charge is 0.329 e. The number of nitrogens with one attached hydrogen (secondary N) is 1. The summed E-state index contributed by atoms with van der Waals surface area (Å²) in [6.07, 6.45) is 0.117. The van der Waals surface area contributed by atoms with E-state index in [1.54, 1.807) is 24.8 Å². The molecule has 1 fully saturated rings. The number of carbonyl (C=O) groups is 2. The summed E-state index contributed by atoms with van der Waals surface area (Å²) in [5.41, 5.74) is -1.26. The predicted molar refractivity (Wildman–Crippen MR) is 86.2 cm³/mol. The van der Waals surface area contributed by atoms with Crippen molar-refractivity contribution in [2.24, 2.45) is 0 Å². The molecule has 23 heavy (non-hydrogen) atoms. The van der Waals surface area contributed by atoms with Crippen LogP contribution >= 0.6 is 11.8 Å². The highest BCUT2D eigenvalue weighted by Crippen LogP contribution is 2.28. The maximum Gasteiger partial charge on any atom is 0.329 e. The van der Waals surface area contributed by atoms with E-state index < -0.39 is 29.3 Å². The van der Waals surface area contributed by atoms with Crippen LogP contribution in [-0.2, 0) is 9.59 Å². The molecule has 1 heterocycles. The van der Waals surface area contributed by atoms with Crippen LogP contribution in [0, 0.1) is 5.82 Å². The number of carbonyl (C=O) groups excluding carboxylic acids is 1. The molecule has 0 bridgehead atoms. The topological polar surface area (TPSA) is 75.6 Å². The monoisotopic (exact) mass is 341 g/mol. The van der Waals surface area contributed by atoms with Gasteiger partial charge in [0.1, 0.15) is 5.54 Å². The first-order valence-electron chi connectivity index (χ1n) is 7.53. The highest BCUT2D eigenvalue weighted by molar-refractivity contribution is 7.99. The van der Waals surface area contributed by atoms with Gasteiger partial charge in [-0.05, 0) is 42.9 Å². The zero-order valence-electron chi connectivity index (χ0n) is 12.9. The molecule has 0 aliphatic carbocycles. The number of carboxylic acid groups (broad SMARTS) is 1. The summed E-state index contributed by atoms with van der Waals surface area (Å²) in [6, 6.07) is 5.83. The summed E-state index contributed by atoms with van der Waals surface area (Å²) < 4.78 is 19.1. The Balaban J connectivity index is 2.10. The number of carboxylic acids is 1. The third-order valence-electron chi connectivity index (χ3n) is 3.89. The van der Waals surface area contributed by atoms with Gasteiger partial charge in [-0.15, -0.1) is 0 Å². The molecule has 1 aliphatic heterocycles. The van der Waals surface area contributed by atoms with Gasteiger partial charge in [-0.2, -0.15) is 11.8 Å². The van der Waals surface area contributed by atoms with Crippen molar-refractivity contribution in [3.63, 3.8) is 0 Å². The third kappa shape index (κ3) is 4.16. The fraction of sp³-hybridized carbons (Fsp3) is 0.500. The fourth-order valence-corrected chi connectivity index (χ4v) is 3.63. The van der Waals surface area contributed by atoms with Gasteiger partial charge in [0, 0.05) is 0 Å². The average molecular weight is 341 g/mol. The zero-order valence-corrected chi connectivity index (χ0v) is 13.7. The molecular formula is C16H20FNO4S. The summed E-state index contributed by atoms with van der Waals surface area (Å²) in [5.74, 6) is -0.773. The Labute approximate surface area is 138 Å². The molecule has 1 aromatic rings. The molecule has 1 aromatic carbocycles. The number of amides is 1. The van der Waals surface area contributed by atoms with Crippen molar-refractivity contribution in [1.82, 2.24) is 5.32 Å². The van der Waals surface area contributed by atoms with E-state index in [9.17, 15) is 19.1 Å². The van der Waals surface area contributed by atoms with Gasteiger partial charge in [0.15, 0.2) is 17.7 Å². The largest absolute Gasteiger partial charge is 0.480 e. The Morgan fingerprint density at radius 2 is 2.04 bits per heavy atom. The van der Waals surface area contributed by atoms with E-state index in [4.69, 9.17) is 4.74 Å². The van der Waals surface area contributed by atoms with Crippen LogP contribution < -0.4 is 10.1 Å². The maximum absolute atomic E-state index is 13.7. The van der Waals surface area contributed by atoms with Crippen molar-refractivity contribution in [2.75, 3.05) is 11.5 Å². The molecule has 1 amide bonds. The van der Waals surface area contributed by atoms with E-state index in [1.165, 1.54) is 18.2 Å². The molecule has 0 spiro atoms. The fourth-order valence-electron chi connectivity index (χ4n) is 2.44. The number of hydrogen-bond acceptors (Lipinski definition) is 4. The minimum absolute atomic E-state index is 0.0157. The van der Waals surface area contributed by atoms with Crippen LogP contribution in [0.5, 0.6) is 5.75 Å². The number of hydrogen-bond donors (Lipinski definition) is 2. The number of rotatable bonds is 6. The predicted octanol–water partition coefficient (Wildman–Crippen LogP) is 2.45. The number of ether oxygens (including phenoxy) is 1. The number of halogens is 1. The molecule has 0 aromatic heterocycles. The van der Waals surface area contributed by atoms with Gasteiger partial charge < -0.3 is 15.2 Å². The molecule has 1 atom stereocenters. The Bertz CT molecular complexity index is 575. The van der Waals surface area contributed by atoms with Crippen LogP contribution in [0.2, 0.25) is 0 Å². The lowest BCUT2D eigenvalue weighted by Gasteiger charge is -2.34. The van der Waals surface area contributed by atoms with Gasteiger partial charge in [0.2, 0.25) is 0 Å². The van der Waals surface area contributed by atoms with Crippen molar-refractivity contribution >= 4 is 23.6 Å². The first-order chi connectivity index (χ1) is 11.0. The summed E-state index contributed by atoms with van der Waals surface area (Å²) in [6.45, 7) is 1.73. The second kappa shape index (κ2) is 7.68. The molecule has 126 valence electrons. The van der Waals surface area contributed by atoms with Crippen LogP contribution in [-0.4, -0.2) is 40.1 Å². The number of aliphatic carboxylic acids is 1. The molecule has 2 N–H and O–H groups in total. The van der Waals surface area contributed by atoms with Crippen molar-refractivity contribution in [3.8, 4) is 5.75 Å². The van der Waals surface area contributed by atoms with Gasteiger partial charge in [0.25, 0.3) is 5.91 Å². The van der Waals surface area contributed by atoms with Crippen LogP contribution in [0.3, 0.4) is 0 Å². The van der Waals surface area contributed by atoms with E-state index in [2.05, 4.69) is 5.32 Å². The number of benzene rings is 1. The molecule has 1 unspecified atom stereocenters. The Morgan fingerprint density at radius 1 is 1.39 bits per heavy atom. The first kappa shape index (κ1) is 17.6. The SMILES string of the molecule is CCC(Oc1ccccc1F)C(=O)NC1(C(=O)O)CCSCC1. The van der Waals surface area contributed by atoms with Crippen LogP contribution in [0.15, 0.2) is 24.3 Å². The maximum atomic E-state index is 13.7. The lowest BCUT2D eigenvalue weighted by molar-refractivity contribution is -0.149. The van der Waals surface area contributed by atoms with E-state index in [1.807, 2.05) is 0 Å². The quantitative estimate of drug-likeness (QED) is 0.831. The Morgan fingerprint density at radius 3 is 2.61 bits per heavy atom. The standard InChI is InChI=1S/C16H20FNO4S/c1-2-12(22-13-6-4-3-5-11(13)17)14(19)18-16(15(20)21)7-9-23-10-8-16/h3-6,12H,2,7-10H2,1H3,(H,18,19)(H,20,21). The molecular weight excluding hydrogens is 321 g/mol. The van der Waals surface area contributed by atoms with E-state index in [-0.39, 0.29) is 5.75 Å². The number of thioether (sulfide) groups is 1. The molecule has 1 saturated heterocycles. The van der Waals surface area contributed by atoms with Crippen molar-refractivity contribution in [2.45, 2.75) is 37.8 Å². The van der Waals surface area contributed by atoms with Crippen molar-refractivity contribution < 1.29 is 23.8 Å². The normalized spacial score (nSPS) is 18.0. The summed E-state index contributed by atoms with van der Waals surface area (Å²) >= 11 is 1.66. The van der Waals surface area contributed by atoms with E-state index in [0.717, 1.165) is 0 Å². The lowest BCUT2D eigenvalue weighted by Crippen LogP contribution is -2.59. The molecule has 1 aliphatic rings. The zero-order chi connectivity index (χ0) is 16.9.